The maximum absolute atomic E-state index is 12.9. The number of hydrogen-bond donors (Lipinski definition) is 8. The first-order valence-corrected chi connectivity index (χ1v) is 27.2. The van der Waals surface area contributed by atoms with Crippen molar-refractivity contribution in [1.29, 1.82) is 0 Å². The van der Waals surface area contributed by atoms with Crippen molar-refractivity contribution < 1.29 is 65.3 Å². The zero-order valence-corrected chi connectivity index (χ0v) is 43.1. The lowest BCUT2D eigenvalue weighted by molar-refractivity contribution is -0.437. The molecule has 3 aliphatic heterocycles. The average molecular weight is 1030 g/mol. The molecule has 388 valence electrons. The number of amides is 2. The third-order valence-electron chi connectivity index (χ3n) is 14.1. The van der Waals surface area contributed by atoms with Crippen molar-refractivity contribution in [3.63, 3.8) is 0 Å². The van der Waals surface area contributed by atoms with Crippen LogP contribution in [0.3, 0.4) is 0 Å². The molecule has 4 aromatic rings. The van der Waals surface area contributed by atoms with Crippen molar-refractivity contribution in [3.05, 3.63) is 107 Å². The first-order valence-electron chi connectivity index (χ1n) is 24.4. The molecule has 8 N–H and O–H groups in total. The molecule has 7 rings (SSSR count). The zero-order chi connectivity index (χ0) is 52.5. The molecule has 2 amide bonds. The van der Waals surface area contributed by atoms with Gasteiger partial charge in [-0.15, -0.1) is 0 Å². The Bertz CT molecular complexity index is 3110. The summed E-state index contributed by atoms with van der Waals surface area (Å²) in [5.74, 6) is -0.731. The van der Waals surface area contributed by atoms with Gasteiger partial charge in [-0.05, 0) is 92.1 Å². The summed E-state index contributed by atoms with van der Waals surface area (Å²) in [6.07, 6.45) is 7.18. The number of carbonyl (C=O) groups excluding carboxylic acids is 2. The topological polar surface area (TPSA) is 263 Å². The fraction of sp³-hybridized carbons (Fsp3) is 0.453. The van der Waals surface area contributed by atoms with Crippen LogP contribution in [0.1, 0.15) is 96.3 Å². The fourth-order valence-corrected chi connectivity index (χ4v) is 11.8. The van der Waals surface area contributed by atoms with Crippen LogP contribution in [-0.2, 0) is 45.4 Å². The van der Waals surface area contributed by atoms with E-state index in [9.17, 15) is 56.0 Å². The van der Waals surface area contributed by atoms with E-state index >= 15 is 0 Å². The molecule has 0 bridgehead atoms. The summed E-state index contributed by atoms with van der Waals surface area (Å²) in [6, 6.07) is 14.4. The highest BCUT2D eigenvalue weighted by atomic mass is 32.2. The summed E-state index contributed by atoms with van der Waals surface area (Å²) < 4.78 is 77.9. The standard InChI is InChI=1S/C53H66N4O13S2/c1-7-26-56-38-24-21-33-20-22-34(71(64,65)66)29-36(33)46(38)52(3,4)42(56)15-10-8-11-16-43-53(5,6)47-37-28-32(2)19-23-35(37)41(72(67,68)69)30-39(47)57(43)27-13-9-12-17-44(59)54-25-14-18-45(60)55-48-50(62)49(61)40(31-58)70-51(48)63/h8,10-11,15-16,19-24,28-30,40,48-51,58,61-63H,7,9,12-14,17-18,25-27,31H2,1-6H3,(H3-,54,55,59,60,64,65,66,67,68,69)/p+1. The smallest absolute Gasteiger partial charge is 0.295 e. The second-order valence-corrected chi connectivity index (χ2v) is 22.7. The van der Waals surface area contributed by atoms with E-state index in [1.165, 1.54) is 12.1 Å². The van der Waals surface area contributed by atoms with Crippen molar-refractivity contribution in [2.75, 3.05) is 31.1 Å². The summed E-state index contributed by atoms with van der Waals surface area (Å²) in [6.45, 7) is 13.2. The Kier molecular flexibility index (Phi) is 16.3. The summed E-state index contributed by atoms with van der Waals surface area (Å²) >= 11 is 0. The van der Waals surface area contributed by atoms with Gasteiger partial charge in [-0.2, -0.15) is 21.4 Å². The molecule has 17 nitrogen and oxygen atoms in total. The molecule has 1 fully saturated rings. The number of aliphatic hydroxyl groups excluding tert-OH is 4. The van der Waals surface area contributed by atoms with E-state index in [2.05, 4.69) is 66.9 Å². The van der Waals surface area contributed by atoms with E-state index < -0.39 is 74.2 Å². The maximum atomic E-state index is 12.9. The number of allylic oxidation sites excluding steroid dienone is 6. The van der Waals surface area contributed by atoms with Crippen LogP contribution in [-0.4, -0.2) is 125 Å². The molecule has 0 aromatic heterocycles. The number of unbranched alkanes of at least 4 members (excludes halogenated alkanes) is 2. The summed E-state index contributed by atoms with van der Waals surface area (Å²) in [5, 5.41) is 47.8. The Morgan fingerprint density at radius 2 is 1.51 bits per heavy atom. The van der Waals surface area contributed by atoms with Gasteiger partial charge in [0, 0.05) is 72.2 Å². The Hall–Kier alpha value is -5.35. The first-order chi connectivity index (χ1) is 33.9. The molecule has 0 saturated carbocycles. The number of fused-ring (bicyclic) bond motifs is 6. The minimum Gasteiger partial charge on any atom is -0.394 e. The number of carbonyl (C=O) groups is 2. The number of aryl methyl sites for hydroxylation is 1. The van der Waals surface area contributed by atoms with E-state index in [1.54, 1.807) is 18.2 Å². The molecule has 0 aliphatic carbocycles. The fourth-order valence-electron chi connectivity index (χ4n) is 10.6. The van der Waals surface area contributed by atoms with Crippen LogP contribution < -0.4 is 15.5 Å². The van der Waals surface area contributed by atoms with Crippen LogP contribution in [0.15, 0.2) is 100 Å². The van der Waals surface area contributed by atoms with Crippen molar-refractivity contribution >= 4 is 70.7 Å². The average Bonchev–Trinajstić information content (AvgIpc) is 3.66. The third-order valence-corrected chi connectivity index (χ3v) is 15.8. The molecule has 1 saturated heterocycles. The SMILES string of the molecule is CCC[N+]1=C(C=CC=CC=C2N(CCCCCC(=O)NCCCC(=O)NC3C(O)OC(CO)C(O)C3O)c3cc(S(=O)(=O)O)c4ccc(C)cc4c3C2(C)C)C(C)(C)c2c1ccc1ccc(S(=O)(=O)O)cc21. The van der Waals surface area contributed by atoms with Gasteiger partial charge in [0.05, 0.1) is 16.9 Å². The molecule has 0 radical (unpaired) electrons. The summed E-state index contributed by atoms with van der Waals surface area (Å²) in [5.41, 5.74) is 5.20. The first kappa shape index (κ1) is 54.4. The Morgan fingerprint density at radius 3 is 2.21 bits per heavy atom. The van der Waals surface area contributed by atoms with E-state index in [1.807, 2.05) is 49.4 Å². The minimum atomic E-state index is -4.63. The lowest BCUT2D eigenvalue weighted by Gasteiger charge is -2.40. The molecule has 5 atom stereocenters. The predicted molar refractivity (Wildman–Crippen MR) is 275 cm³/mol. The number of nitrogens with one attached hydrogen (secondary N) is 2. The van der Waals surface area contributed by atoms with Gasteiger partial charge in [-0.25, -0.2) is 0 Å². The Labute approximate surface area is 421 Å². The van der Waals surface area contributed by atoms with Gasteiger partial charge >= 0.3 is 0 Å². The monoisotopic (exact) mass is 1030 g/mol. The van der Waals surface area contributed by atoms with Gasteiger partial charge in [-0.1, -0.05) is 75.2 Å². The quantitative estimate of drug-likeness (QED) is 0.0241. The van der Waals surface area contributed by atoms with Crippen LogP contribution in [0.25, 0.3) is 21.5 Å². The molecule has 3 aliphatic rings. The highest BCUT2D eigenvalue weighted by Gasteiger charge is 2.47. The second kappa shape index (κ2) is 21.6. The highest BCUT2D eigenvalue weighted by Crippen LogP contribution is 2.52. The second-order valence-electron chi connectivity index (χ2n) is 19.9. The highest BCUT2D eigenvalue weighted by molar-refractivity contribution is 7.86. The molecule has 72 heavy (non-hydrogen) atoms. The van der Waals surface area contributed by atoms with Crippen LogP contribution in [0.4, 0.5) is 11.4 Å². The van der Waals surface area contributed by atoms with Gasteiger partial charge in [-0.3, -0.25) is 18.7 Å². The van der Waals surface area contributed by atoms with E-state index in [-0.39, 0.29) is 41.5 Å². The zero-order valence-electron chi connectivity index (χ0n) is 41.5. The van der Waals surface area contributed by atoms with E-state index in [0.717, 1.165) is 62.9 Å². The number of hydrogen-bond acceptors (Lipinski definition) is 12. The lowest BCUT2D eigenvalue weighted by atomic mass is 9.79. The van der Waals surface area contributed by atoms with Crippen LogP contribution in [0.2, 0.25) is 0 Å². The number of benzene rings is 4. The molecule has 3 heterocycles. The van der Waals surface area contributed by atoms with Gasteiger partial charge in [0.15, 0.2) is 12.0 Å². The third kappa shape index (κ3) is 11.1. The molecule has 5 unspecified atom stereocenters. The molecule has 0 spiro atoms. The number of rotatable bonds is 19. The predicted octanol–water partition coefficient (Wildman–Crippen LogP) is 5.75. The van der Waals surface area contributed by atoms with Crippen molar-refractivity contribution in [1.82, 2.24) is 10.6 Å². The van der Waals surface area contributed by atoms with Gasteiger partial charge in [0.25, 0.3) is 20.2 Å². The Morgan fingerprint density at radius 1 is 0.792 bits per heavy atom. The van der Waals surface area contributed by atoms with Gasteiger partial charge < -0.3 is 40.7 Å². The Balaban J connectivity index is 1.06. The normalized spacial score (nSPS) is 22.4. The van der Waals surface area contributed by atoms with Crippen LogP contribution in [0, 0.1) is 6.92 Å². The van der Waals surface area contributed by atoms with E-state index in [0.29, 0.717) is 36.9 Å². The van der Waals surface area contributed by atoms with Crippen LogP contribution >= 0.6 is 0 Å². The molecular weight excluding hydrogens is 965 g/mol. The van der Waals surface area contributed by atoms with Crippen molar-refractivity contribution in [3.8, 4) is 0 Å². The summed E-state index contributed by atoms with van der Waals surface area (Å²) in [4.78, 5) is 27.1. The molecule has 19 heteroatoms. The number of ether oxygens (including phenoxy) is 1. The number of aliphatic hydroxyl groups is 4. The summed E-state index contributed by atoms with van der Waals surface area (Å²) in [7, 11) is -9.05. The minimum absolute atomic E-state index is 0.0365. The lowest BCUT2D eigenvalue weighted by Crippen LogP contribution is -2.64. The maximum Gasteiger partial charge on any atom is 0.295 e. The molecule has 4 aromatic carbocycles. The molecular formula is C53H67N4O13S2+. The number of nitrogens with zero attached hydrogens (tertiary/aromatic N) is 2. The van der Waals surface area contributed by atoms with Crippen molar-refractivity contribution in [2.24, 2.45) is 0 Å². The number of anilines is 1. The van der Waals surface area contributed by atoms with Gasteiger partial charge in [0.2, 0.25) is 17.5 Å². The van der Waals surface area contributed by atoms with Crippen LogP contribution in [0.5, 0.6) is 0 Å². The van der Waals surface area contributed by atoms with E-state index in [4.69, 9.17) is 4.74 Å². The van der Waals surface area contributed by atoms with Crippen molar-refractivity contribution in [2.45, 2.75) is 138 Å². The largest absolute Gasteiger partial charge is 0.394 e. The van der Waals surface area contributed by atoms with Gasteiger partial charge in [0.1, 0.15) is 35.8 Å².